The van der Waals surface area contributed by atoms with Crippen LogP contribution in [-0.4, -0.2) is 48.2 Å². The van der Waals surface area contributed by atoms with Crippen molar-refractivity contribution in [3.8, 4) is 5.75 Å². The molecule has 2 aliphatic heterocycles. The van der Waals surface area contributed by atoms with Gasteiger partial charge in [0.15, 0.2) is 0 Å². The van der Waals surface area contributed by atoms with Gasteiger partial charge in [0.05, 0.1) is 12.8 Å². The van der Waals surface area contributed by atoms with Crippen molar-refractivity contribution in [2.24, 2.45) is 5.92 Å². The van der Waals surface area contributed by atoms with Crippen LogP contribution in [0.15, 0.2) is 35.1 Å². The van der Waals surface area contributed by atoms with Crippen LogP contribution in [0.4, 0.5) is 5.95 Å². The second-order valence-corrected chi connectivity index (χ2v) is 8.14. The standard InChI is InChI=1S/C23H30N4O2/c1-17-9-14-27(15-10-17)23-24-21-16-26(13-11-20(21)22(28)25-23)12-3-4-18-5-7-19(29-2)8-6-18/h3-8,17H,9-16H2,1-2H3,(H,24,25,28)/b4-3+. The van der Waals surface area contributed by atoms with E-state index in [0.717, 1.165) is 86.4 Å². The van der Waals surface area contributed by atoms with Crippen LogP contribution in [0, 0.1) is 5.92 Å². The van der Waals surface area contributed by atoms with Gasteiger partial charge in [-0.15, -0.1) is 0 Å². The zero-order valence-corrected chi connectivity index (χ0v) is 17.4. The molecule has 1 N–H and O–H groups in total. The summed E-state index contributed by atoms with van der Waals surface area (Å²) in [7, 11) is 1.68. The number of nitrogens with one attached hydrogen (secondary N) is 1. The first-order valence-electron chi connectivity index (χ1n) is 10.5. The lowest BCUT2D eigenvalue weighted by molar-refractivity contribution is 0.276. The fourth-order valence-corrected chi connectivity index (χ4v) is 4.06. The fourth-order valence-electron chi connectivity index (χ4n) is 4.06. The maximum atomic E-state index is 12.6. The number of fused-ring (bicyclic) bond motifs is 1. The van der Waals surface area contributed by atoms with Crippen LogP contribution in [0.25, 0.3) is 6.08 Å². The monoisotopic (exact) mass is 394 g/mol. The second-order valence-electron chi connectivity index (χ2n) is 8.14. The molecule has 2 aliphatic rings. The zero-order valence-electron chi connectivity index (χ0n) is 17.4. The van der Waals surface area contributed by atoms with Gasteiger partial charge in [0.2, 0.25) is 5.95 Å². The molecule has 1 saturated heterocycles. The summed E-state index contributed by atoms with van der Waals surface area (Å²) in [4.78, 5) is 25.0. The Hall–Kier alpha value is -2.60. The van der Waals surface area contributed by atoms with Crippen LogP contribution in [0.1, 0.15) is 36.6 Å². The van der Waals surface area contributed by atoms with Crippen LogP contribution >= 0.6 is 0 Å². The van der Waals surface area contributed by atoms with Crippen molar-refractivity contribution in [3.63, 3.8) is 0 Å². The van der Waals surface area contributed by atoms with Gasteiger partial charge in [0, 0.05) is 38.3 Å². The smallest absolute Gasteiger partial charge is 0.255 e. The maximum absolute atomic E-state index is 12.6. The molecule has 0 spiro atoms. The number of H-pyrrole nitrogens is 1. The Morgan fingerprint density at radius 1 is 1.21 bits per heavy atom. The van der Waals surface area contributed by atoms with E-state index in [9.17, 15) is 4.79 Å². The van der Waals surface area contributed by atoms with Crippen molar-refractivity contribution in [2.75, 3.05) is 38.2 Å². The van der Waals surface area contributed by atoms with Crippen LogP contribution < -0.4 is 15.2 Å². The first-order chi connectivity index (χ1) is 14.1. The third-order valence-electron chi connectivity index (χ3n) is 6.01. The number of benzene rings is 1. The Morgan fingerprint density at radius 3 is 2.69 bits per heavy atom. The number of aromatic amines is 1. The third kappa shape index (κ3) is 4.70. The molecule has 0 aliphatic carbocycles. The first kappa shape index (κ1) is 19.7. The van der Waals surface area contributed by atoms with Crippen molar-refractivity contribution >= 4 is 12.0 Å². The molecule has 4 rings (SSSR count). The Kier molecular flexibility index (Phi) is 6.00. The molecule has 6 heteroatoms. The number of piperidine rings is 1. The van der Waals surface area contributed by atoms with Crippen LogP contribution in [0.3, 0.4) is 0 Å². The lowest BCUT2D eigenvalue weighted by Crippen LogP contribution is -2.39. The van der Waals surface area contributed by atoms with Gasteiger partial charge in [0.1, 0.15) is 5.75 Å². The number of ether oxygens (including phenoxy) is 1. The second kappa shape index (κ2) is 8.82. The van der Waals surface area contributed by atoms with E-state index in [1.807, 2.05) is 24.3 Å². The molecule has 1 aromatic heterocycles. The topological polar surface area (TPSA) is 61.5 Å². The first-order valence-corrected chi connectivity index (χ1v) is 10.5. The number of anilines is 1. The van der Waals surface area contributed by atoms with Gasteiger partial charge in [-0.25, -0.2) is 4.98 Å². The predicted molar refractivity (Wildman–Crippen MR) is 116 cm³/mol. The van der Waals surface area contributed by atoms with E-state index in [1.54, 1.807) is 7.11 Å². The van der Waals surface area contributed by atoms with Gasteiger partial charge in [0.25, 0.3) is 5.56 Å². The Morgan fingerprint density at radius 2 is 1.97 bits per heavy atom. The lowest BCUT2D eigenvalue weighted by Gasteiger charge is -2.32. The largest absolute Gasteiger partial charge is 0.497 e. The minimum Gasteiger partial charge on any atom is -0.497 e. The quantitative estimate of drug-likeness (QED) is 0.844. The van der Waals surface area contributed by atoms with Gasteiger partial charge in [-0.05, 0) is 42.9 Å². The summed E-state index contributed by atoms with van der Waals surface area (Å²) in [6, 6.07) is 8.03. The maximum Gasteiger partial charge on any atom is 0.255 e. The molecule has 1 fully saturated rings. The van der Waals surface area contributed by atoms with Gasteiger partial charge >= 0.3 is 0 Å². The van der Waals surface area contributed by atoms with Crippen LogP contribution in [-0.2, 0) is 13.0 Å². The number of hydrogen-bond acceptors (Lipinski definition) is 5. The summed E-state index contributed by atoms with van der Waals surface area (Å²) in [6.45, 7) is 6.68. The average molecular weight is 395 g/mol. The minimum atomic E-state index is 0.0389. The summed E-state index contributed by atoms with van der Waals surface area (Å²) >= 11 is 0. The van der Waals surface area contributed by atoms with Gasteiger partial charge in [-0.1, -0.05) is 31.2 Å². The number of rotatable bonds is 5. The molecule has 0 atom stereocenters. The molecule has 1 aromatic carbocycles. The molecule has 29 heavy (non-hydrogen) atoms. The fraction of sp³-hybridized carbons (Fsp3) is 0.478. The molecular formula is C23H30N4O2. The van der Waals surface area contributed by atoms with Crippen LogP contribution in [0.5, 0.6) is 5.75 Å². The van der Waals surface area contributed by atoms with E-state index >= 15 is 0 Å². The van der Waals surface area contributed by atoms with Crippen molar-refractivity contribution in [2.45, 2.75) is 32.7 Å². The predicted octanol–water partition coefficient (Wildman–Crippen LogP) is 3.09. The average Bonchev–Trinajstić information content (AvgIpc) is 2.74. The Bertz CT molecular complexity index is 911. The summed E-state index contributed by atoms with van der Waals surface area (Å²) in [5.41, 5.74) is 2.98. The molecule has 154 valence electrons. The molecule has 0 amide bonds. The molecule has 3 heterocycles. The van der Waals surface area contributed by atoms with Gasteiger partial charge in [-0.3, -0.25) is 14.7 Å². The van der Waals surface area contributed by atoms with Crippen molar-refractivity contribution < 1.29 is 4.74 Å². The van der Waals surface area contributed by atoms with Crippen LogP contribution in [0.2, 0.25) is 0 Å². The number of aromatic nitrogens is 2. The minimum absolute atomic E-state index is 0.0389. The third-order valence-corrected chi connectivity index (χ3v) is 6.01. The zero-order chi connectivity index (χ0) is 20.2. The van der Waals surface area contributed by atoms with Crippen molar-refractivity contribution in [1.82, 2.24) is 14.9 Å². The Labute approximate surface area is 172 Å². The highest BCUT2D eigenvalue weighted by atomic mass is 16.5. The molecular weight excluding hydrogens is 364 g/mol. The number of hydrogen-bond donors (Lipinski definition) is 1. The summed E-state index contributed by atoms with van der Waals surface area (Å²) in [5.74, 6) is 2.37. The number of methoxy groups -OCH3 is 1. The lowest BCUT2D eigenvalue weighted by atomic mass is 9.99. The summed E-state index contributed by atoms with van der Waals surface area (Å²) in [6.07, 6.45) is 7.37. The van der Waals surface area contributed by atoms with Crippen molar-refractivity contribution in [1.29, 1.82) is 0 Å². The van der Waals surface area contributed by atoms with E-state index in [0.29, 0.717) is 0 Å². The van der Waals surface area contributed by atoms with E-state index in [2.05, 4.69) is 33.9 Å². The highest BCUT2D eigenvalue weighted by Gasteiger charge is 2.23. The van der Waals surface area contributed by atoms with E-state index in [4.69, 9.17) is 9.72 Å². The molecule has 6 nitrogen and oxygen atoms in total. The van der Waals surface area contributed by atoms with E-state index in [-0.39, 0.29) is 5.56 Å². The molecule has 2 aromatic rings. The van der Waals surface area contributed by atoms with E-state index in [1.165, 1.54) is 0 Å². The number of nitrogens with zero attached hydrogens (tertiary/aromatic N) is 3. The molecule has 0 bridgehead atoms. The summed E-state index contributed by atoms with van der Waals surface area (Å²) in [5, 5.41) is 0. The van der Waals surface area contributed by atoms with E-state index < -0.39 is 0 Å². The van der Waals surface area contributed by atoms with Gasteiger partial charge < -0.3 is 9.64 Å². The summed E-state index contributed by atoms with van der Waals surface area (Å²) < 4.78 is 5.20. The molecule has 0 unspecified atom stereocenters. The van der Waals surface area contributed by atoms with Crippen molar-refractivity contribution in [3.05, 3.63) is 57.5 Å². The SMILES string of the molecule is COc1ccc(/C=C/CN2CCc3c(nc(N4CCC(C)CC4)[nH]c3=O)C2)cc1. The molecule has 0 saturated carbocycles. The Balaban J connectivity index is 1.41. The van der Waals surface area contributed by atoms with Gasteiger partial charge in [-0.2, -0.15) is 0 Å². The normalized spacial score (nSPS) is 18.2. The molecule has 0 radical (unpaired) electrons. The highest BCUT2D eigenvalue weighted by Crippen LogP contribution is 2.22. The highest BCUT2D eigenvalue weighted by molar-refractivity contribution is 5.50.